The zero-order chi connectivity index (χ0) is 10.8. The maximum atomic E-state index is 5.36. The average molecular weight is 205 g/mol. The number of hydrogen-bond donors (Lipinski definition) is 0. The van der Waals surface area contributed by atoms with Crippen LogP contribution in [0.25, 0.3) is 0 Å². The van der Waals surface area contributed by atoms with Crippen LogP contribution in [0, 0.1) is 20.8 Å². The van der Waals surface area contributed by atoms with Crippen molar-refractivity contribution in [2.45, 2.75) is 20.8 Å². The quantitative estimate of drug-likeness (QED) is 0.698. The molecule has 1 fully saturated rings. The third-order valence-electron chi connectivity index (χ3n) is 3.29. The third-order valence-corrected chi connectivity index (χ3v) is 3.29. The number of nitrogens with zero attached hydrogens (tertiary/aromatic N) is 1. The van der Waals surface area contributed by atoms with Gasteiger partial charge >= 0.3 is 0 Å². The molecule has 0 bridgehead atoms. The maximum Gasteiger partial charge on any atom is 0.0642 e. The van der Waals surface area contributed by atoms with Crippen LogP contribution in [0.4, 0.5) is 5.69 Å². The van der Waals surface area contributed by atoms with Crippen molar-refractivity contribution in [3.63, 3.8) is 0 Å². The number of benzene rings is 1. The molecular weight excluding hydrogens is 186 g/mol. The van der Waals surface area contributed by atoms with Crippen LogP contribution in [0.15, 0.2) is 12.1 Å². The molecule has 0 amide bonds. The molecule has 1 aromatic rings. The molecule has 0 aromatic heterocycles. The molecule has 2 heteroatoms. The molecule has 0 radical (unpaired) electrons. The average Bonchev–Trinajstić information content (AvgIpc) is 2.26. The van der Waals surface area contributed by atoms with Gasteiger partial charge in [-0.1, -0.05) is 0 Å². The molecule has 0 unspecified atom stereocenters. The van der Waals surface area contributed by atoms with Gasteiger partial charge in [0.25, 0.3) is 0 Å². The Bertz CT molecular complexity index is 331. The topological polar surface area (TPSA) is 12.5 Å². The van der Waals surface area contributed by atoms with Crippen LogP contribution in [0.3, 0.4) is 0 Å². The molecule has 0 atom stereocenters. The van der Waals surface area contributed by atoms with Crippen molar-refractivity contribution < 1.29 is 4.74 Å². The van der Waals surface area contributed by atoms with Crippen molar-refractivity contribution >= 4 is 5.69 Å². The Balaban J connectivity index is 2.27. The smallest absolute Gasteiger partial charge is 0.0642 e. The van der Waals surface area contributed by atoms with Crippen molar-refractivity contribution in [1.29, 1.82) is 0 Å². The summed E-state index contributed by atoms with van der Waals surface area (Å²) in [6, 6.07) is 4.57. The largest absolute Gasteiger partial charge is 0.378 e. The molecular formula is C13H19NO. The predicted molar refractivity (Wildman–Crippen MR) is 63.7 cm³/mol. The highest BCUT2D eigenvalue weighted by atomic mass is 16.5. The number of rotatable bonds is 1. The second-order valence-corrected chi connectivity index (χ2v) is 4.30. The zero-order valence-corrected chi connectivity index (χ0v) is 9.84. The van der Waals surface area contributed by atoms with Crippen molar-refractivity contribution in [3.8, 4) is 0 Å². The summed E-state index contributed by atoms with van der Waals surface area (Å²) in [4.78, 5) is 2.41. The molecule has 1 heterocycles. The van der Waals surface area contributed by atoms with E-state index in [9.17, 15) is 0 Å². The van der Waals surface area contributed by atoms with Crippen LogP contribution < -0.4 is 4.90 Å². The molecule has 0 saturated carbocycles. The van der Waals surface area contributed by atoms with Crippen LogP contribution >= 0.6 is 0 Å². The van der Waals surface area contributed by atoms with E-state index in [1.54, 1.807) is 0 Å². The van der Waals surface area contributed by atoms with Gasteiger partial charge in [0.05, 0.1) is 13.2 Å². The van der Waals surface area contributed by atoms with Crippen LogP contribution in [0.5, 0.6) is 0 Å². The molecule has 0 N–H and O–H groups in total. The van der Waals surface area contributed by atoms with Gasteiger partial charge in [-0.25, -0.2) is 0 Å². The summed E-state index contributed by atoms with van der Waals surface area (Å²) >= 11 is 0. The highest BCUT2D eigenvalue weighted by molar-refractivity contribution is 5.54. The highest BCUT2D eigenvalue weighted by Gasteiger charge is 2.12. The van der Waals surface area contributed by atoms with Gasteiger partial charge in [-0.2, -0.15) is 0 Å². The molecule has 1 aliphatic rings. The summed E-state index contributed by atoms with van der Waals surface area (Å²) in [6.45, 7) is 10.3. The summed E-state index contributed by atoms with van der Waals surface area (Å²) < 4.78 is 5.36. The van der Waals surface area contributed by atoms with Gasteiger partial charge in [-0.15, -0.1) is 0 Å². The van der Waals surface area contributed by atoms with E-state index in [0.29, 0.717) is 0 Å². The summed E-state index contributed by atoms with van der Waals surface area (Å²) in [5.41, 5.74) is 5.53. The Labute approximate surface area is 91.9 Å². The predicted octanol–water partition coefficient (Wildman–Crippen LogP) is 2.45. The molecule has 0 aliphatic carbocycles. The molecule has 0 spiro atoms. The Kier molecular flexibility index (Phi) is 2.96. The van der Waals surface area contributed by atoms with Crippen molar-refractivity contribution in [2.24, 2.45) is 0 Å². The van der Waals surface area contributed by atoms with Crippen molar-refractivity contribution in [1.82, 2.24) is 0 Å². The maximum absolute atomic E-state index is 5.36. The first-order valence-corrected chi connectivity index (χ1v) is 5.59. The minimum Gasteiger partial charge on any atom is -0.378 e. The number of hydrogen-bond acceptors (Lipinski definition) is 2. The summed E-state index contributed by atoms with van der Waals surface area (Å²) in [6.07, 6.45) is 0. The molecule has 2 nitrogen and oxygen atoms in total. The van der Waals surface area contributed by atoms with E-state index in [1.807, 2.05) is 0 Å². The van der Waals surface area contributed by atoms with E-state index in [1.165, 1.54) is 22.4 Å². The van der Waals surface area contributed by atoms with Gasteiger partial charge in [0.15, 0.2) is 0 Å². The van der Waals surface area contributed by atoms with E-state index in [4.69, 9.17) is 4.74 Å². The minimum atomic E-state index is 0.853. The molecule has 82 valence electrons. The fourth-order valence-corrected chi connectivity index (χ4v) is 2.02. The zero-order valence-electron chi connectivity index (χ0n) is 9.84. The van der Waals surface area contributed by atoms with E-state index in [-0.39, 0.29) is 0 Å². The SMILES string of the molecule is Cc1cc(N2CCOCC2)cc(C)c1C. The molecule has 1 aliphatic heterocycles. The minimum absolute atomic E-state index is 0.853. The first kappa shape index (κ1) is 10.5. The lowest BCUT2D eigenvalue weighted by atomic mass is 10.0. The van der Waals surface area contributed by atoms with E-state index < -0.39 is 0 Å². The standard InChI is InChI=1S/C13H19NO/c1-10-8-13(9-11(2)12(10)3)14-4-6-15-7-5-14/h8-9H,4-7H2,1-3H3. The summed E-state index contributed by atoms with van der Waals surface area (Å²) in [7, 11) is 0. The monoisotopic (exact) mass is 205 g/mol. The molecule has 2 rings (SSSR count). The normalized spacial score (nSPS) is 16.9. The van der Waals surface area contributed by atoms with Gasteiger partial charge in [0.1, 0.15) is 0 Å². The number of anilines is 1. The Morgan fingerprint density at radius 1 is 1.00 bits per heavy atom. The molecule has 1 aromatic carbocycles. The van der Waals surface area contributed by atoms with E-state index in [0.717, 1.165) is 26.3 Å². The lowest BCUT2D eigenvalue weighted by Crippen LogP contribution is -2.36. The second-order valence-electron chi connectivity index (χ2n) is 4.30. The Morgan fingerprint density at radius 3 is 2.07 bits per heavy atom. The molecule has 15 heavy (non-hydrogen) atoms. The number of aryl methyl sites for hydroxylation is 2. The third kappa shape index (κ3) is 2.15. The molecule has 1 saturated heterocycles. The van der Waals surface area contributed by atoms with Crippen LogP contribution in [-0.2, 0) is 4.74 Å². The van der Waals surface area contributed by atoms with E-state index >= 15 is 0 Å². The fraction of sp³-hybridized carbons (Fsp3) is 0.538. The first-order chi connectivity index (χ1) is 7.18. The lowest BCUT2D eigenvalue weighted by molar-refractivity contribution is 0.122. The van der Waals surface area contributed by atoms with Gasteiger partial charge < -0.3 is 9.64 Å². The number of morpholine rings is 1. The Hall–Kier alpha value is -1.02. The van der Waals surface area contributed by atoms with Crippen LogP contribution in [0.2, 0.25) is 0 Å². The van der Waals surface area contributed by atoms with E-state index in [2.05, 4.69) is 37.8 Å². The Morgan fingerprint density at radius 2 is 1.53 bits per heavy atom. The van der Waals surface area contributed by atoms with Gasteiger partial charge in [-0.3, -0.25) is 0 Å². The van der Waals surface area contributed by atoms with Gasteiger partial charge in [0, 0.05) is 18.8 Å². The summed E-state index contributed by atoms with van der Waals surface area (Å²) in [5.74, 6) is 0. The van der Waals surface area contributed by atoms with Gasteiger partial charge in [0.2, 0.25) is 0 Å². The summed E-state index contributed by atoms with van der Waals surface area (Å²) in [5, 5.41) is 0. The second kappa shape index (κ2) is 4.23. The highest BCUT2D eigenvalue weighted by Crippen LogP contribution is 2.23. The number of ether oxygens (including phenoxy) is 1. The van der Waals surface area contributed by atoms with Gasteiger partial charge in [-0.05, 0) is 49.6 Å². The van der Waals surface area contributed by atoms with Crippen LogP contribution in [0.1, 0.15) is 16.7 Å². The van der Waals surface area contributed by atoms with Crippen molar-refractivity contribution in [3.05, 3.63) is 28.8 Å². The first-order valence-electron chi connectivity index (χ1n) is 5.59. The lowest BCUT2D eigenvalue weighted by Gasteiger charge is -2.29. The van der Waals surface area contributed by atoms with Crippen molar-refractivity contribution in [2.75, 3.05) is 31.2 Å². The fourth-order valence-electron chi connectivity index (χ4n) is 2.02. The van der Waals surface area contributed by atoms with Crippen LogP contribution in [-0.4, -0.2) is 26.3 Å².